The van der Waals surface area contributed by atoms with Gasteiger partial charge in [-0.05, 0) is 0 Å². The minimum absolute atomic E-state index is 0.120. The maximum absolute atomic E-state index is 4.94. The van der Waals surface area contributed by atoms with E-state index in [0.29, 0.717) is 0 Å². The summed E-state index contributed by atoms with van der Waals surface area (Å²) in [4.78, 5) is 0. The molecule has 0 nitrogen and oxygen atoms in total. The van der Waals surface area contributed by atoms with Crippen molar-refractivity contribution in [3.8, 4) is 0 Å². The second-order valence-electron chi connectivity index (χ2n) is 1.64. The average molecular weight is 282 g/mol. The van der Waals surface area contributed by atoms with Crippen molar-refractivity contribution < 1.29 is 13.0 Å². The number of halogens is 3. The van der Waals surface area contributed by atoms with Gasteiger partial charge in [0, 0.05) is 8.80 Å². The Balaban J connectivity index is 0. The molecule has 0 heterocycles. The minimum atomic E-state index is -1.66. The molecule has 0 amide bonds. The fraction of sp³-hybridized carbons (Fsp3) is 1.00. The maximum atomic E-state index is 4.94. The van der Waals surface area contributed by atoms with Crippen molar-refractivity contribution in [2.75, 3.05) is 0 Å². The number of rotatable bonds is 0. The summed E-state index contributed by atoms with van der Waals surface area (Å²) in [6, 6.07) is 0. The first-order valence-corrected chi connectivity index (χ1v) is 11.2. The summed E-state index contributed by atoms with van der Waals surface area (Å²) in [7, 11) is 14.9. The van der Waals surface area contributed by atoms with Gasteiger partial charge in [0.15, 0.2) is 0 Å². The molecule has 0 spiro atoms. The van der Waals surface area contributed by atoms with E-state index in [9.17, 15) is 0 Å². The van der Waals surface area contributed by atoms with E-state index in [0.717, 1.165) is 0 Å². The standard InChI is InChI=1S/C3H9Si.3ClH.Rh/c1-4(2)3;;;;/h1-3H3;3*1H;/q;;;;+3/p-3. The molecule has 0 N–H and O–H groups in total. The molecule has 1 radical (unpaired) electrons. The van der Waals surface area contributed by atoms with Gasteiger partial charge in [-0.1, -0.05) is 19.6 Å². The predicted molar refractivity (Wildman–Crippen MR) is 40.9 cm³/mol. The molecule has 0 aliphatic carbocycles. The molecular weight excluding hydrogens is 273 g/mol. The molecule has 55 valence electrons. The van der Waals surface area contributed by atoms with Gasteiger partial charge in [0.05, 0.1) is 0 Å². The molecule has 8 heavy (non-hydrogen) atoms. The summed E-state index contributed by atoms with van der Waals surface area (Å²) in [5.74, 6) is 0. The zero-order chi connectivity index (χ0) is 7.15. The summed E-state index contributed by atoms with van der Waals surface area (Å²) in [6.45, 7) is 6.81. The van der Waals surface area contributed by atoms with E-state index in [-0.39, 0.29) is 8.80 Å². The van der Waals surface area contributed by atoms with E-state index in [1.807, 2.05) is 0 Å². The van der Waals surface area contributed by atoms with E-state index < -0.39 is 13.0 Å². The van der Waals surface area contributed by atoms with Gasteiger partial charge in [0.1, 0.15) is 0 Å². The molecule has 0 atom stereocenters. The zero-order valence-electron chi connectivity index (χ0n) is 4.97. The van der Waals surface area contributed by atoms with Gasteiger partial charge < -0.3 is 0 Å². The van der Waals surface area contributed by atoms with Gasteiger partial charge >= 0.3 is 42.1 Å². The van der Waals surface area contributed by atoms with E-state index in [2.05, 4.69) is 19.6 Å². The van der Waals surface area contributed by atoms with Crippen LogP contribution in [0.4, 0.5) is 0 Å². The Bertz CT molecular complexity index is 30.0. The van der Waals surface area contributed by atoms with Crippen molar-refractivity contribution in [1.29, 1.82) is 0 Å². The Morgan fingerprint density at radius 1 is 1.00 bits per heavy atom. The van der Waals surface area contributed by atoms with Crippen molar-refractivity contribution in [3.05, 3.63) is 0 Å². The third-order valence-corrected chi connectivity index (χ3v) is 0. The normalized spacial score (nSPS) is 10.1. The van der Waals surface area contributed by atoms with Crippen LogP contribution in [0.25, 0.3) is 0 Å². The van der Waals surface area contributed by atoms with Crippen LogP contribution in [0.3, 0.4) is 0 Å². The van der Waals surface area contributed by atoms with Crippen LogP contribution in [0.5, 0.6) is 0 Å². The molecule has 0 bridgehead atoms. The molecule has 0 unspecified atom stereocenters. The van der Waals surface area contributed by atoms with Crippen molar-refractivity contribution >= 4 is 37.9 Å². The molecule has 0 saturated carbocycles. The number of hydrogen-bond acceptors (Lipinski definition) is 0. The number of hydrogen-bond donors (Lipinski definition) is 0. The first kappa shape index (κ1) is 12.4. The summed E-state index contributed by atoms with van der Waals surface area (Å²) >= 11 is -1.66. The molecule has 0 aromatic carbocycles. The summed E-state index contributed by atoms with van der Waals surface area (Å²) in [5, 5.41) is 0. The molecule has 0 rings (SSSR count). The van der Waals surface area contributed by atoms with Crippen LogP contribution in [-0.4, -0.2) is 8.80 Å². The van der Waals surface area contributed by atoms with Crippen LogP contribution in [0, 0.1) is 0 Å². The molecule has 0 saturated heterocycles. The van der Waals surface area contributed by atoms with E-state index in [4.69, 9.17) is 29.1 Å². The molecule has 0 fully saturated rings. The van der Waals surface area contributed by atoms with Gasteiger partial charge in [-0.2, -0.15) is 0 Å². The Kier molecular flexibility index (Phi) is 13.5. The zero-order valence-corrected chi connectivity index (χ0v) is 9.87. The van der Waals surface area contributed by atoms with E-state index in [1.54, 1.807) is 0 Å². The Labute approximate surface area is 70.1 Å². The SMILES string of the molecule is C[Si](C)C.[Cl][Rh]([Cl])[Cl]. The summed E-state index contributed by atoms with van der Waals surface area (Å²) in [6.07, 6.45) is 0. The summed E-state index contributed by atoms with van der Waals surface area (Å²) < 4.78 is 0. The molecule has 0 aromatic rings. The Hall–Kier alpha value is 1.71. The second kappa shape index (κ2) is 8.71. The quantitative estimate of drug-likeness (QED) is 0.597. The monoisotopic (exact) mass is 281 g/mol. The van der Waals surface area contributed by atoms with Crippen LogP contribution < -0.4 is 0 Å². The van der Waals surface area contributed by atoms with Gasteiger partial charge in [-0.25, -0.2) is 0 Å². The Morgan fingerprint density at radius 2 is 1.00 bits per heavy atom. The average Bonchev–Trinajstić information content (AvgIpc) is 1.25. The topological polar surface area (TPSA) is 0 Å². The van der Waals surface area contributed by atoms with Crippen LogP contribution in [0.2, 0.25) is 19.6 Å². The van der Waals surface area contributed by atoms with Crippen molar-refractivity contribution in [2.45, 2.75) is 19.6 Å². The molecule has 5 heteroatoms. The van der Waals surface area contributed by atoms with E-state index in [1.165, 1.54) is 0 Å². The predicted octanol–water partition coefficient (Wildman–Crippen LogP) is 3.44. The molecular formula is C3H9Cl3RhSi. The molecule has 0 aromatic heterocycles. The van der Waals surface area contributed by atoms with Crippen LogP contribution >= 0.6 is 29.1 Å². The Morgan fingerprint density at radius 3 is 1.00 bits per heavy atom. The van der Waals surface area contributed by atoms with Crippen LogP contribution in [0.1, 0.15) is 0 Å². The first-order chi connectivity index (χ1) is 3.46. The molecule has 0 aliphatic rings. The van der Waals surface area contributed by atoms with Gasteiger partial charge in [-0.15, -0.1) is 0 Å². The third-order valence-electron chi connectivity index (χ3n) is 0. The van der Waals surface area contributed by atoms with Crippen molar-refractivity contribution in [2.24, 2.45) is 0 Å². The van der Waals surface area contributed by atoms with Crippen LogP contribution in [-0.2, 0) is 13.0 Å². The summed E-state index contributed by atoms with van der Waals surface area (Å²) in [5.41, 5.74) is 0. The third kappa shape index (κ3) is 119. The van der Waals surface area contributed by atoms with E-state index >= 15 is 0 Å². The van der Waals surface area contributed by atoms with Crippen molar-refractivity contribution in [1.82, 2.24) is 0 Å². The fourth-order valence-electron chi connectivity index (χ4n) is 0. The van der Waals surface area contributed by atoms with Crippen LogP contribution in [0.15, 0.2) is 0 Å². The fourth-order valence-corrected chi connectivity index (χ4v) is 0. The first-order valence-electron chi connectivity index (χ1n) is 1.88. The van der Waals surface area contributed by atoms with Crippen molar-refractivity contribution in [3.63, 3.8) is 0 Å². The van der Waals surface area contributed by atoms with Gasteiger partial charge in [-0.3, -0.25) is 0 Å². The van der Waals surface area contributed by atoms with Gasteiger partial charge in [0.25, 0.3) is 0 Å². The molecule has 0 aliphatic heterocycles. The second-order valence-corrected chi connectivity index (χ2v) is 12.1. The van der Waals surface area contributed by atoms with Gasteiger partial charge in [0.2, 0.25) is 0 Å².